The zero-order valence-corrected chi connectivity index (χ0v) is 10.8. The number of aromatic nitrogens is 2. The molecule has 1 aromatic heterocycles. The van der Waals surface area contributed by atoms with Crippen LogP contribution >= 0.6 is 0 Å². The van der Waals surface area contributed by atoms with Gasteiger partial charge in [-0.2, -0.15) is 0 Å². The first-order valence-corrected chi connectivity index (χ1v) is 5.95. The van der Waals surface area contributed by atoms with E-state index in [0.29, 0.717) is 19.0 Å². The number of nitrogens with two attached hydrogens (primary N) is 1. The van der Waals surface area contributed by atoms with E-state index in [1.165, 1.54) is 0 Å². The van der Waals surface area contributed by atoms with Crippen LogP contribution in [0.3, 0.4) is 0 Å². The van der Waals surface area contributed by atoms with E-state index >= 15 is 0 Å². The molecule has 0 radical (unpaired) electrons. The standard InChI is InChI=1S/C12H21N5/c1-4-10-7-12(16-8-15-10)17(9(2)3)6-5-11(13)14/h7-9H,4-6H2,1-3H3,(H3,13,14). The molecule has 0 aliphatic carbocycles. The van der Waals surface area contributed by atoms with Gasteiger partial charge in [0.1, 0.15) is 12.1 Å². The number of amidine groups is 1. The van der Waals surface area contributed by atoms with Gasteiger partial charge in [-0.25, -0.2) is 9.97 Å². The summed E-state index contributed by atoms with van der Waals surface area (Å²) in [7, 11) is 0. The smallest absolute Gasteiger partial charge is 0.132 e. The predicted molar refractivity (Wildman–Crippen MR) is 70.4 cm³/mol. The minimum Gasteiger partial charge on any atom is -0.388 e. The van der Waals surface area contributed by atoms with Gasteiger partial charge in [-0.15, -0.1) is 0 Å². The Morgan fingerprint density at radius 2 is 2.18 bits per heavy atom. The SMILES string of the molecule is CCc1cc(N(CCC(=N)N)C(C)C)ncn1. The molecule has 0 saturated carbocycles. The Balaban J connectivity index is 2.84. The van der Waals surface area contributed by atoms with Crippen molar-refractivity contribution in [1.82, 2.24) is 9.97 Å². The number of nitrogens with zero attached hydrogens (tertiary/aromatic N) is 3. The lowest BCUT2D eigenvalue weighted by Crippen LogP contribution is -2.34. The molecule has 0 saturated heterocycles. The molecule has 0 bridgehead atoms. The molecule has 17 heavy (non-hydrogen) atoms. The van der Waals surface area contributed by atoms with Crippen LogP contribution in [0.2, 0.25) is 0 Å². The summed E-state index contributed by atoms with van der Waals surface area (Å²) in [6.45, 7) is 7.00. The molecule has 3 N–H and O–H groups in total. The first-order valence-electron chi connectivity index (χ1n) is 5.95. The van der Waals surface area contributed by atoms with Crippen molar-refractivity contribution in [3.63, 3.8) is 0 Å². The first-order chi connectivity index (χ1) is 8.04. The molecule has 0 spiro atoms. The van der Waals surface area contributed by atoms with Crippen LogP contribution in [0.1, 0.15) is 32.9 Å². The van der Waals surface area contributed by atoms with Crippen LogP contribution < -0.4 is 10.6 Å². The predicted octanol–water partition coefficient (Wildman–Crippen LogP) is 1.58. The number of hydrogen-bond acceptors (Lipinski definition) is 4. The molecule has 5 heteroatoms. The summed E-state index contributed by atoms with van der Waals surface area (Å²) in [5.74, 6) is 1.12. The van der Waals surface area contributed by atoms with Gasteiger partial charge in [-0.05, 0) is 20.3 Å². The Hall–Kier alpha value is -1.65. The number of hydrogen-bond donors (Lipinski definition) is 2. The van der Waals surface area contributed by atoms with Crippen molar-refractivity contribution in [2.75, 3.05) is 11.4 Å². The van der Waals surface area contributed by atoms with Gasteiger partial charge in [-0.3, -0.25) is 5.41 Å². The molecule has 1 heterocycles. The lowest BCUT2D eigenvalue weighted by Gasteiger charge is -2.27. The van der Waals surface area contributed by atoms with Crippen molar-refractivity contribution in [2.45, 2.75) is 39.7 Å². The molecule has 0 fully saturated rings. The summed E-state index contributed by atoms with van der Waals surface area (Å²) >= 11 is 0. The second kappa shape index (κ2) is 6.18. The summed E-state index contributed by atoms with van der Waals surface area (Å²) in [5.41, 5.74) is 6.43. The number of rotatable bonds is 6. The summed E-state index contributed by atoms with van der Waals surface area (Å²) in [6.07, 6.45) is 3.05. The van der Waals surface area contributed by atoms with E-state index in [1.807, 2.05) is 6.07 Å². The summed E-state index contributed by atoms with van der Waals surface area (Å²) in [4.78, 5) is 10.6. The van der Waals surface area contributed by atoms with Crippen molar-refractivity contribution in [3.8, 4) is 0 Å². The summed E-state index contributed by atoms with van der Waals surface area (Å²) in [5, 5.41) is 7.29. The van der Waals surface area contributed by atoms with E-state index in [-0.39, 0.29) is 5.84 Å². The number of anilines is 1. The molecular weight excluding hydrogens is 214 g/mol. The van der Waals surface area contributed by atoms with Crippen molar-refractivity contribution in [1.29, 1.82) is 5.41 Å². The van der Waals surface area contributed by atoms with Crippen molar-refractivity contribution >= 4 is 11.7 Å². The lowest BCUT2D eigenvalue weighted by atomic mass is 10.2. The second-order valence-electron chi connectivity index (χ2n) is 4.28. The number of nitrogens with one attached hydrogen (secondary N) is 1. The van der Waals surface area contributed by atoms with Crippen LogP contribution in [-0.2, 0) is 6.42 Å². The minimum absolute atomic E-state index is 0.209. The van der Waals surface area contributed by atoms with Gasteiger partial charge < -0.3 is 10.6 Å². The maximum absolute atomic E-state index is 7.29. The Morgan fingerprint density at radius 1 is 1.47 bits per heavy atom. The van der Waals surface area contributed by atoms with Crippen LogP contribution in [-0.4, -0.2) is 28.4 Å². The van der Waals surface area contributed by atoms with Crippen LogP contribution in [0.15, 0.2) is 12.4 Å². The largest absolute Gasteiger partial charge is 0.388 e. The molecule has 0 aromatic carbocycles. The highest BCUT2D eigenvalue weighted by molar-refractivity contribution is 5.77. The third kappa shape index (κ3) is 4.01. The monoisotopic (exact) mass is 235 g/mol. The van der Waals surface area contributed by atoms with E-state index in [1.54, 1.807) is 6.33 Å². The van der Waals surface area contributed by atoms with Gasteiger partial charge in [0.05, 0.1) is 5.84 Å². The maximum Gasteiger partial charge on any atom is 0.132 e. The quantitative estimate of drug-likeness (QED) is 0.579. The summed E-state index contributed by atoms with van der Waals surface area (Å²) < 4.78 is 0. The van der Waals surface area contributed by atoms with E-state index in [9.17, 15) is 0 Å². The molecule has 0 aliphatic rings. The summed E-state index contributed by atoms with van der Waals surface area (Å²) in [6, 6.07) is 2.33. The first kappa shape index (κ1) is 13.4. The molecule has 94 valence electrons. The molecule has 0 unspecified atom stereocenters. The zero-order valence-electron chi connectivity index (χ0n) is 10.8. The van der Waals surface area contributed by atoms with Crippen molar-refractivity contribution in [3.05, 3.63) is 18.1 Å². The molecule has 1 rings (SSSR count). The van der Waals surface area contributed by atoms with E-state index < -0.39 is 0 Å². The fourth-order valence-corrected chi connectivity index (χ4v) is 1.61. The van der Waals surface area contributed by atoms with Gasteiger partial charge in [-0.1, -0.05) is 6.92 Å². The average molecular weight is 235 g/mol. The Morgan fingerprint density at radius 3 is 2.71 bits per heavy atom. The molecule has 5 nitrogen and oxygen atoms in total. The van der Waals surface area contributed by atoms with Crippen molar-refractivity contribution < 1.29 is 0 Å². The average Bonchev–Trinajstić information content (AvgIpc) is 2.28. The highest BCUT2D eigenvalue weighted by Crippen LogP contribution is 2.15. The highest BCUT2D eigenvalue weighted by Gasteiger charge is 2.12. The van der Waals surface area contributed by atoms with Gasteiger partial charge in [0.2, 0.25) is 0 Å². The Labute approximate surface area is 103 Å². The van der Waals surface area contributed by atoms with E-state index in [4.69, 9.17) is 11.1 Å². The molecular formula is C12H21N5. The van der Waals surface area contributed by atoms with Crippen LogP contribution in [0.4, 0.5) is 5.82 Å². The third-order valence-electron chi connectivity index (χ3n) is 2.61. The molecule has 0 atom stereocenters. The fourth-order valence-electron chi connectivity index (χ4n) is 1.61. The maximum atomic E-state index is 7.29. The fraction of sp³-hybridized carbons (Fsp3) is 0.583. The second-order valence-corrected chi connectivity index (χ2v) is 4.28. The Bertz CT molecular complexity index is 375. The lowest BCUT2D eigenvalue weighted by molar-refractivity contribution is 0.676. The minimum atomic E-state index is 0.209. The zero-order chi connectivity index (χ0) is 12.8. The molecule has 0 aliphatic heterocycles. The van der Waals surface area contributed by atoms with Crippen LogP contribution in [0, 0.1) is 5.41 Å². The van der Waals surface area contributed by atoms with Crippen LogP contribution in [0.25, 0.3) is 0 Å². The third-order valence-corrected chi connectivity index (χ3v) is 2.61. The van der Waals surface area contributed by atoms with Gasteiger partial charge in [0.25, 0.3) is 0 Å². The van der Waals surface area contributed by atoms with E-state index in [2.05, 4.69) is 35.6 Å². The highest BCUT2D eigenvalue weighted by atomic mass is 15.2. The van der Waals surface area contributed by atoms with Crippen molar-refractivity contribution in [2.24, 2.45) is 5.73 Å². The topological polar surface area (TPSA) is 78.9 Å². The van der Waals surface area contributed by atoms with Crippen LogP contribution in [0.5, 0.6) is 0 Å². The number of aryl methyl sites for hydroxylation is 1. The van der Waals surface area contributed by atoms with Gasteiger partial charge in [0.15, 0.2) is 0 Å². The van der Waals surface area contributed by atoms with Gasteiger partial charge >= 0.3 is 0 Å². The Kier molecular flexibility index (Phi) is 4.87. The van der Waals surface area contributed by atoms with E-state index in [0.717, 1.165) is 17.9 Å². The van der Waals surface area contributed by atoms with Gasteiger partial charge in [0, 0.05) is 30.8 Å². The molecule has 1 aromatic rings. The normalized spacial score (nSPS) is 10.6. The molecule has 0 amide bonds.